The lowest BCUT2D eigenvalue weighted by molar-refractivity contribution is -0.384. The monoisotopic (exact) mass is 378 g/mol. The molecule has 0 fully saturated rings. The molecule has 0 radical (unpaired) electrons. The SMILES string of the molecule is Nc1c2c(=O)n3c(nc2nn1-c1ccc([N+](=O)[O-])cc1)sc1ccccc13. The Labute approximate surface area is 154 Å². The molecule has 0 saturated carbocycles. The molecule has 27 heavy (non-hydrogen) atoms. The number of nitro benzene ring substituents is 1. The maximum atomic E-state index is 13.1. The van der Waals surface area contributed by atoms with E-state index in [1.165, 1.54) is 44.7 Å². The van der Waals surface area contributed by atoms with Gasteiger partial charge in [-0.25, -0.2) is 4.68 Å². The summed E-state index contributed by atoms with van der Waals surface area (Å²) >= 11 is 1.39. The summed E-state index contributed by atoms with van der Waals surface area (Å²) in [5.74, 6) is 0.140. The van der Waals surface area contributed by atoms with Crippen LogP contribution in [0.2, 0.25) is 0 Å². The van der Waals surface area contributed by atoms with E-state index >= 15 is 0 Å². The fraction of sp³-hybridized carbons (Fsp3) is 0. The van der Waals surface area contributed by atoms with E-state index in [1.807, 2.05) is 24.3 Å². The zero-order valence-electron chi connectivity index (χ0n) is 13.6. The van der Waals surface area contributed by atoms with Crippen molar-refractivity contribution in [1.82, 2.24) is 19.2 Å². The molecule has 0 aliphatic carbocycles. The Kier molecular flexibility index (Phi) is 3.06. The van der Waals surface area contributed by atoms with Crippen LogP contribution in [-0.2, 0) is 0 Å². The number of non-ortho nitro benzene ring substituents is 1. The molecule has 0 bridgehead atoms. The van der Waals surface area contributed by atoms with Crippen molar-refractivity contribution in [3.63, 3.8) is 0 Å². The fourth-order valence-corrected chi connectivity index (χ4v) is 4.07. The molecule has 0 aliphatic heterocycles. The third-order valence-electron chi connectivity index (χ3n) is 4.32. The predicted octanol–water partition coefficient (Wildman–Crippen LogP) is 2.74. The van der Waals surface area contributed by atoms with Crippen molar-refractivity contribution >= 4 is 49.1 Å². The van der Waals surface area contributed by atoms with E-state index in [1.54, 1.807) is 0 Å². The minimum Gasteiger partial charge on any atom is -0.383 e. The van der Waals surface area contributed by atoms with Crippen LogP contribution in [0, 0.1) is 10.1 Å². The second-order valence-corrected chi connectivity index (χ2v) is 6.88. The van der Waals surface area contributed by atoms with Crippen LogP contribution >= 0.6 is 11.3 Å². The molecule has 3 heterocycles. The molecule has 2 N–H and O–H groups in total. The van der Waals surface area contributed by atoms with E-state index in [2.05, 4.69) is 10.1 Å². The van der Waals surface area contributed by atoms with Gasteiger partial charge in [-0.05, 0) is 24.3 Å². The van der Waals surface area contributed by atoms with Crippen LogP contribution in [0.3, 0.4) is 0 Å². The molecular weight excluding hydrogens is 368 g/mol. The summed E-state index contributed by atoms with van der Waals surface area (Å²) in [7, 11) is 0. The normalized spacial score (nSPS) is 11.6. The molecule has 5 aromatic rings. The third kappa shape index (κ3) is 2.13. The van der Waals surface area contributed by atoms with Gasteiger partial charge in [0.25, 0.3) is 11.2 Å². The van der Waals surface area contributed by atoms with Crippen LogP contribution in [-0.4, -0.2) is 24.1 Å². The van der Waals surface area contributed by atoms with E-state index in [0.29, 0.717) is 10.6 Å². The number of nitrogen functional groups attached to an aromatic ring is 1. The van der Waals surface area contributed by atoms with Gasteiger partial charge in [-0.2, -0.15) is 4.98 Å². The van der Waals surface area contributed by atoms with Crippen molar-refractivity contribution in [2.24, 2.45) is 0 Å². The highest BCUT2D eigenvalue weighted by Crippen LogP contribution is 2.27. The maximum absolute atomic E-state index is 13.1. The number of rotatable bonds is 2. The van der Waals surface area contributed by atoms with Gasteiger partial charge in [0.15, 0.2) is 10.6 Å². The Hall–Kier alpha value is -3.79. The molecule has 3 aromatic heterocycles. The summed E-state index contributed by atoms with van der Waals surface area (Å²) in [6, 6.07) is 13.3. The van der Waals surface area contributed by atoms with Crippen LogP contribution < -0.4 is 11.3 Å². The lowest BCUT2D eigenvalue weighted by Gasteiger charge is -2.02. The van der Waals surface area contributed by atoms with Crippen LogP contribution in [0.4, 0.5) is 11.5 Å². The smallest absolute Gasteiger partial charge is 0.272 e. The van der Waals surface area contributed by atoms with Gasteiger partial charge >= 0.3 is 0 Å². The molecular formula is C17H10N6O3S. The van der Waals surface area contributed by atoms with Crippen molar-refractivity contribution < 1.29 is 4.92 Å². The fourth-order valence-electron chi connectivity index (χ4n) is 3.06. The van der Waals surface area contributed by atoms with Crippen molar-refractivity contribution in [3.8, 4) is 5.69 Å². The molecule has 9 nitrogen and oxygen atoms in total. The first-order valence-electron chi connectivity index (χ1n) is 7.88. The van der Waals surface area contributed by atoms with Crippen molar-refractivity contribution in [3.05, 3.63) is 69.0 Å². The number of aromatic nitrogens is 4. The van der Waals surface area contributed by atoms with Crippen molar-refractivity contribution in [2.45, 2.75) is 0 Å². The molecule has 0 atom stereocenters. The predicted molar refractivity (Wildman–Crippen MR) is 103 cm³/mol. The molecule has 0 spiro atoms. The molecule has 0 unspecified atom stereocenters. The molecule has 2 aromatic carbocycles. The molecule has 5 rings (SSSR count). The summed E-state index contributed by atoms with van der Waals surface area (Å²) in [6.07, 6.45) is 0. The van der Waals surface area contributed by atoms with E-state index < -0.39 is 4.92 Å². The molecule has 10 heteroatoms. The maximum Gasteiger partial charge on any atom is 0.272 e. The van der Waals surface area contributed by atoms with E-state index in [-0.39, 0.29) is 28.1 Å². The number of hydrogen-bond donors (Lipinski definition) is 1. The average Bonchev–Trinajstić information content (AvgIpc) is 3.20. The summed E-state index contributed by atoms with van der Waals surface area (Å²) in [4.78, 5) is 28.4. The summed E-state index contributed by atoms with van der Waals surface area (Å²) in [6.45, 7) is 0. The van der Waals surface area contributed by atoms with Crippen LogP contribution in [0.5, 0.6) is 0 Å². The molecule has 132 valence electrons. The van der Waals surface area contributed by atoms with Gasteiger partial charge < -0.3 is 5.73 Å². The zero-order chi connectivity index (χ0) is 18.7. The highest BCUT2D eigenvalue weighted by molar-refractivity contribution is 7.23. The number of nitro groups is 1. The van der Waals surface area contributed by atoms with E-state index in [0.717, 1.165) is 10.2 Å². The van der Waals surface area contributed by atoms with Gasteiger partial charge in [0.05, 0.1) is 20.8 Å². The average molecular weight is 378 g/mol. The number of anilines is 1. The highest BCUT2D eigenvalue weighted by Gasteiger charge is 2.19. The minimum absolute atomic E-state index is 0.0424. The lowest BCUT2D eigenvalue weighted by Crippen LogP contribution is -2.14. The van der Waals surface area contributed by atoms with Crippen molar-refractivity contribution in [1.29, 1.82) is 0 Å². The summed E-state index contributed by atoms with van der Waals surface area (Å²) in [5, 5.41) is 15.4. The number of fused-ring (bicyclic) bond motifs is 4. The third-order valence-corrected chi connectivity index (χ3v) is 5.35. The Bertz CT molecular complexity index is 1430. The highest BCUT2D eigenvalue weighted by atomic mass is 32.1. The quantitative estimate of drug-likeness (QED) is 0.372. The van der Waals surface area contributed by atoms with Gasteiger partial charge in [-0.15, -0.1) is 5.10 Å². The zero-order valence-corrected chi connectivity index (χ0v) is 14.4. The largest absolute Gasteiger partial charge is 0.383 e. The Morgan fingerprint density at radius 3 is 2.59 bits per heavy atom. The number of hydrogen-bond acceptors (Lipinski definition) is 7. The number of nitrogens with zero attached hydrogens (tertiary/aromatic N) is 5. The molecule has 0 saturated heterocycles. The second kappa shape index (κ2) is 5.35. The van der Waals surface area contributed by atoms with Gasteiger partial charge in [-0.3, -0.25) is 19.3 Å². The van der Waals surface area contributed by atoms with Gasteiger partial charge in [0.1, 0.15) is 11.2 Å². The first kappa shape index (κ1) is 15.5. The Morgan fingerprint density at radius 2 is 1.85 bits per heavy atom. The van der Waals surface area contributed by atoms with Crippen LogP contribution in [0.1, 0.15) is 0 Å². The summed E-state index contributed by atoms with van der Waals surface area (Å²) < 4.78 is 3.84. The first-order valence-corrected chi connectivity index (χ1v) is 8.69. The van der Waals surface area contributed by atoms with E-state index in [9.17, 15) is 14.9 Å². The number of para-hydroxylation sites is 1. The first-order chi connectivity index (χ1) is 13.0. The molecule has 0 aliphatic rings. The van der Waals surface area contributed by atoms with Gasteiger partial charge in [-0.1, -0.05) is 23.5 Å². The lowest BCUT2D eigenvalue weighted by atomic mass is 10.3. The summed E-state index contributed by atoms with van der Waals surface area (Å²) in [5.41, 5.74) is 7.36. The standard InChI is InChI=1S/C17H10N6O3S/c18-14-13-15(20-22(14)9-5-7-10(8-6-9)23(25)26)19-17-21(16(13)24)11-3-1-2-4-12(11)27-17/h1-8H,18H2. The van der Waals surface area contributed by atoms with Gasteiger partial charge in [0.2, 0.25) is 0 Å². The number of nitrogens with two attached hydrogens (primary N) is 1. The Balaban J connectivity index is 1.80. The minimum atomic E-state index is -0.486. The number of benzene rings is 2. The van der Waals surface area contributed by atoms with Crippen LogP contribution in [0.15, 0.2) is 53.3 Å². The Morgan fingerprint density at radius 1 is 1.11 bits per heavy atom. The number of thiazole rings is 1. The van der Waals surface area contributed by atoms with E-state index in [4.69, 9.17) is 5.73 Å². The van der Waals surface area contributed by atoms with Gasteiger partial charge in [0, 0.05) is 12.1 Å². The van der Waals surface area contributed by atoms with Crippen molar-refractivity contribution in [2.75, 3.05) is 5.73 Å². The second-order valence-electron chi connectivity index (χ2n) is 5.87. The molecule has 0 amide bonds. The topological polar surface area (TPSA) is 121 Å². The van der Waals surface area contributed by atoms with Crippen LogP contribution in [0.25, 0.3) is 31.9 Å².